The minimum atomic E-state index is -0.443. The molecular formula is C15H21N3O3. The molecule has 6 nitrogen and oxygen atoms in total. The lowest BCUT2D eigenvalue weighted by molar-refractivity contribution is -0.384. The molecule has 2 N–H and O–H groups in total. The van der Waals surface area contributed by atoms with Gasteiger partial charge < -0.3 is 10.6 Å². The van der Waals surface area contributed by atoms with Crippen molar-refractivity contribution in [1.82, 2.24) is 4.90 Å². The Morgan fingerprint density at radius 1 is 1.57 bits per heavy atom. The summed E-state index contributed by atoms with van der Waals surface area (Å²) in [5.74, 6) is 0.355. The first-order chi connectivity index (χ1) is 9.97. The molecule has 0 aromatic heterocycles. The predicted octanol–water partition coefficient (Wildman–Crippen LogP) is 1.72. The molecule has 0 bridgehead atoms. The van der Waals surface area contributed by atoms with Gasteiger partial charge in [-0.05, 0) is 31.2 Å². The molecule has 2 rings (SSSR count). The van der Waals surface area contributed by atoms with Crippen molar-refractivity contribution in [1.29, 1.82) is 0 Å². The average Bonchev–Trinajstić information content (AvgIpc) is 2.47. The average molecular weight is 291 g/mol. The van der Waals surface area contributed by atoms with Crippen molar-refractivity contribution in [2.45, 2.75) is 32.2 Å². The smallest absolute Gasteiger partial charge is 0.269 e. The van der Waals surface area contributed by atoms with Crippen LogP contribution in [0.25, 0.3) is 0 Å². The van der Waals surface area contributed by atoms with Crippen molar-refractivity contribution in [2.24, 2.45) is 11.7 Å². The number of non-ortho nitro benzene ring substituents is 1. The summed E-state index contributed by atoms with van der Waals surface area (Å²) in [6.45, 7) is 3.40. The Morgan fingerprint density at radius 2 is 2.33 bits per heavy atom. The van der Waals surface area contributed by atoms with Gasteiger partial charge >= 0.3 is 0 Å². The van der Waals surface area contributed by atoms with Crippen LogP contribution in [-0.2, 0) is 11.2 Å². The third kappa shape index (κ3) is 4.01. The highest BCUT2D eigenvalue weighted by Gasteiger charge is 2.25. The quantitative estimate of drug-likeness (QED) is 0.675. The Balaban J connectivity index is 2.01. The van der Waals surface area contributed by atoms with Crippen LogP contribution in [0.1, 0.15) is 25.3 Å². The van der Waals surface area contributed by atoms with E-state index in [1.807, 2.05) is 11.8 Å². The van der Waals surface area contributed by atoms with E-state index < -0.39 is 4.92 Å². The second-order valence-electron chi connectivity index (χ2n) is 5.70. The number of hydrogen-bond donors (Lipinski definition) is 1. The van der Waals surface area contributed by atoms with Crippen molar-refractivity contribution < 1.29 is 9.72 Å². The molecule has 2 atom stereocenters. The minimum absolute atomic E-state index is 0.0147. The number of carbonyl (C=O) groups excluding carboxylic acids is 1. The van der Waals surface area contributed by atoms with E-state index in [-0.39, 0.29) is 24.1 Å². The van der Waals surface area contributed by atoms with Gasteiger partial charge in [0.1, 0.15) is 0 Å². The van der Waals surface area contributed by atoms with Gasteiger partial charge in [0.25, 0.3) is 5.69 Å². The van der Waals surface area contributed by atoms with Gasteiger partial charge in [0.2, 0.25) is 5.91 Å². The zero-order chi connectivity index (χ0) is 15.4. The Labute approximate surface area is 124 Å². The van der Waals surface area contributed by atoms with Gasteiger partial charge in [-0.25, -0.2) is 0 Å². The molecule has 1 aliphatic heterocycles. The third-order valence-corrected chi connectivity index (χ3v) is 4.03. The second-order valence-corrected chi connectivity index (χ2v) is 5.70. The fourth-order valence-corrected chi connectivity index (χ4v) is 2.73. The monoisotopic (exact) mass is 291 g/mol. The number of amides is 1. The summed E-state index contributed by atoms with van der Waals surface area (Å²) in [7, 11) is 0. The number of nitrogens with two attached hydrogens (primary N) is 1. The number of hydrogen-bond acceptors (Lipinski definition) is 4. The van der Waals surface area contributed by atoms with Crippen LogP contribution in [0.5, 0.6) is 0 Å². The van der Waals surface area contributed by atoms with Gasteiger partial charge in [0.05, 0.1) is 11.3 Å². The largest absolute Gasteiger partial charge is 0.342 e. The molecule has 21 heavy (non-hydrogen) atoms. The Morgan fingerprint density at radius 3 is 3.00 bits per heavy atom. The van der Waals surface area contributed by atoms with Crippen molar-refractivity contribution in [3.05, 3.63) is 39.9 Å². The summed E-state index contributed by atoms with van der Waals surface area (Å²) in [5.41, 5.74) is 6.62. The third-order valence-electron chi connectivity index (χ3n) is 4.03. The van der Waals surface area contributed by atoms with Gasteiger partial charge in [0.15, 0.2) is 0 Å². The van der Waals surface area contributed by atoms with Gasteiger partial charge in [-0.1, -0.05) is 12.1 Å². The lowest BCUT2D eigenvalue weighted by Crippen LogP contribution is -2.45. The highest BCUT2D eigenvalue weighted by atomic mass is 16.6. The minimum Gasteiger partial charge on any atom is -0.342 e. The molecule has 0 radical (unpaired) electrons. The van der Waals surface area contributed by atoms with Crippen LogP contribution in [0, 0.1) is 16.0 Å². The summed E-state index contributed by atoms with van der Waals surface area (Å²) in [6, 6.07) is 6.34. The normalized spacial score (nSPS) is 20.1. The topological polar surface area (TPSA) is 89.5 Å². The van der Waals surface area contributed by atoms with Crippen molar-refractivity contribution in [3.8, 4) is 0 Å². The van der Waals surface area contributed by atoms with Gasteiger partial charge in [-0.2, -0.15) is 0 Å². The van der Waals surface area contributed by atoms with E-state index in [4.69, 9.17) is 5.73 Å². The lowest BCUT2D eigenvalue weighted by atomic mass is 9.92. The molecule has 1 amide bonds. The lowest BCUT2D eigenvalue weighted by Gasteiger charge is -2.34. The maximum atomic E-state index is 12.3. The molecule has 6 heteroatoms. The molecule has 1 heterocycles. The first-order valence-electron chi connectivity index (χ1n) is 7.24. The molecule has 1 aromatic rings. The van der Waals surface area contributed by atoms with Crippen molar-refractivity contribution in [3.63, 3.8) is 0 Å². The number of benzene rings is 1. The van der Waals surface area contributed by atoms with E-state index in [0.717, 1.165) is 19.4 Å². The maximum absolute atomic E-state index is 12.3. The molecule has 114 valence electrons. The van der Waals surface area contributed by atoms with E-state index in [1.54, 1.807) is 12.1 Å². The highest BCUT2D eigenvalue weighted by Crippen LogP contribution is 2.20. The number of nitrogens with zero attached hydrogens (tertiary/aromatic N) is 2. The van der Waals surface area contributed by atoms with Crippen molar-refractivity contribution >= 4 is 11.6 Å². The van der Waals surface area contributed by atoms with Crippen LogP contribution in [0.4, 0.5) is 5.69 Å². The van der Waals surface area contributed by atoms with Gasteiger partial charge in [-0.15, -0.1) is 0 Å². The molecule has 0 spiro atoms. The fourth-order valence-electron chi connectivity index (χ4n) is 2.73. The summed E-state index contributed by atoms with van der Waals surface area (Å²) >= 11 is 0. The molecule has 1 fully saturated rings. The van der Waals surface area contributed by atoms with Crippen molar-refractivity contribution in [2.75, 3.05) is 13.1 Å². The molecule has 0 saturated carbocycles. The molecule has 0 unspecified atom stereocenters. The van der Waals surface area contributed by atoms with Crippen LogP contribution < -0.4 is 5.73 Å². The summed E-state index contributed by atoms with van der Waals surface area (Å²) in [5, 5.41) is 10.8. The summed E-state index contributed by atoms with van der Waals surface area (Å²) in [6.07, 6.45) is 2.22. The number of piperidine rings is 1. The van der Waals surface area contributed by atoms with Gasteiger partial charge in [0, 0.05) is 31.3 Å². The first kappa shape index (κ1) is 15.4. The first-order valence-corrected chi connectivity index (χ1v) is 7.24. The Kier molecular flexibility index (Phi) is 4.90. The summed E-state index contributed by atoms with van der Waals surface area (Å²) in [4.78, 5) is 24.5. The molecule has 1 aromatic carbocycles. The van der Waals surface area contributed by atoms with Crippen LogP contribution in [-0.4, -0.2) is 34.9 Å². The highest BCUT2D eigenvalue weighted by molar-refractivity contribution is 5.79. The zero-order valence-electron chi connectivity index (χ0n) is 12.2. The standard InChI is InChI=1S/C15H21N3O3/c1-11(16)13-5-3-7-17(10-13)15(19)9-12-4-2-6-14(8-12)18(20)21/h2,4,6,8,11,13H,3,5,7,9-10,16H2,1H3/t11-,13-/m1/s1. The Hall–Kier alpha value is -1.95. The number of likely N-dealkylation sites (tertiary alicyclic amines) is 1. The molecule has 1 saturated heterocycles. The fraction of sp³-hybridized carbons (Fsp3) is 0.533. The SMILES string of the molecule is C[C@@H](N)[C@@H]1CCCN(C(=O)Cc2cccc([N+](=O)[O-])c2)C1. The number of carbonyl (C=O) groups is 1. The van der Waals surface area contributed by atoms with E-state index >= 15 is 0 Å². The second kappa shape index (κ2) is 6.67. The van der Waals surface area contributed by atoms with E-state index in [0.29, 0.717) is 18.0 Å². The number of rotatable bonds is 4. The Bertz CT molecular complexity index is 531. The van der Waals surface area contributed by atoms with Crippen LogP contribution in [0.2, 0.25) is 0 Å². The predicted molar refractivity (Wildman–Crippen MR) is 79.8 cm³/mol. The molecule has 0 aliphatic carbocycles. The zero-order valence-corrected chi connectivity index (χ0v) is 12.2. The van der Waals surface area contributed by atoms with E-state index in [9.17, 15) is 14.9 Å². The maximum Gasteiger partial charge on any atom is 0.269 e. The van der Waals surface area contributed by atoms with E-state index in [1.165, 1.54) is 12.1 Å². The number of nitro groups is 1. The summed E-state index contributed by atoms with van der Waals surface area (Å²) < 4.78 is 0. The van der Waals surface area contributed by atoms with Crippen LogP contribution >= 0.6 is 0 Å². The van der Waals surface area contributed by atoms with Gasteiger partial charge in [-0.3, -0.25) is 14.9 Å². The van der Waals surface area contributed by atoms with Crippen LogP contribution in [0.3, 0.4) is 0 Å². The van der Waals surface area contributed by atoms with Crippen LogP contribution in [0.15, 0.2) is 24.3 Å². The molecule has 1 aliphatic rings. The van der Waals surface area contributed by atoms with E-state index in [2.05, 4.69) is 0 Å². The number of nitro benzene ring substituents is 1. The molecular weight excluding hydrogens is 270 g/mol.